The van der Waals surface area contributed by atoms with E-state index in [4.69, 9.17) is 4.98 Å². The van der Waals surface area contributed by atoms with Crippen molar-refractivity contribution < 1.29 is 4.79 Å². The number of amides is 2. The van der Waals surface area contributed by atoms with Crippen molar-refractivity contribution in [2.24, 2.45) is 0 Å². The van der Waals surface area contributed by atoms with Crippen molar-refractivity contribution in [1.29, 1.82) is 0 Å². The molecule has 134 valence electrons. The van der Waals surface area contributed by atoms with Gasteiger partial charge in [-0.25, -0.2) is 14.8 Å². The van der Waals surface area contributed by atoms with Crippen LogP contribution in [0.25, 0.3) is 11.2 Å². The van der Waals surface area contributed by atoms with Gasteiger partial charge in [-0.15, -0.1) is 0 Å². The average Bonchev–Trinajstić information content (AvgIpc) is 3.31. The maximum Gasteiger partial charge on any atom is 0.317 e. The molecule has 3 heterocycles. The number of hydrogen-bond donors (Lipinski definition) is 1. The summed E-state index contributed by atoms with van der Waals surface area (Å²) in [6.45, 7) is 4.95. The molecule has 0 aliphatic carbocycles. The first kappa shape index (κ1) is 16.6. The van der Waals surface area contributed by atoms with E-state index in [1.54, 1.807) is 6.20 Å². The summed E-state index contributed by atoms with van der Waals surface area (Å²) in [6, 6.07) is 13.9. The van der Waals surface area contributed by atoms with E-state index in [-0.39, 0.29) is 11.9 Å². The molecule has 1 aromatic carbocycles. The zero-order valence-electron chi connectivity index (χ0n) is 14.9. The first-order chi connectivity index (χ1) is 12.8. The third-order valence-corrected chi connectivity index (χ3v) is 4.98. The second-order valence-electron chi connectivity index (χ2n) is 6.64. The van der Waals surface area contributed by atoms with Gasteiger partial charge in [0.25, 0.3) is 0 Å². The molecular formula is C20H23N5O. The number of aryl methyl sites for hydroxylation is 1. The summed E-state index contributed by atoms with van der Waals surface area (Å²) in [5, 5.41) is 3.02. The number of carbonyl (C=O) groups is 1. The lowest BCUT2D eigenvalue weighted by atomic mass is 10.1. The van der Waals surface area contributed by atoms with E-state index >= 15 is 0 Å². The number of fused-ring (bicyclic) bond motifs is 1. The van der Waals surface area contributed by atoms with Gasteiger partial charge in [0.15, 0.2) is 5.65 Å². The summed E-state index contributed by atoms with van der Waals surface area (Å²) in [5.74, 6) is 1.30. The van der Waals surface area contributed by atoms with Gasteiger partial charge in [-0.05, 0) is 31.0 Å². The van der Waals surface area contributed by atoms with Gasteiger partial charge in [0.05, 0.1) is 0 Å². The van der Waals surface area contributed by atoms with Crippen LogP contribution in [0.5, 0.6) is 0 Å². The van der Waals surface area contributed by atoms with Crippen LogP contribution in [0.3, 0.4) is 0 Å². The maximum absolute atomic E-state index is 12.5. The Bertz CT molecular complexity index is 905. The molecule has 4 rings (SSSR count). The number of carbonyl (C=O) groups excluding carboxylic acids is 1. The Kier molecular flexibility index (Phi) is 4.56. The lowest BCUT2D eigenvalue weighted by molar-refractivity contribution is 0.207. The Balaban J connectivity index is 1.44. The molecule has 0 radical (unpaired) electrons. The van der Waals surface area contributed by atoms with Crippen LogP contribution in [0.2, 0.25) is 0 Å². The number of benzene rings is 1. The smallest absolute Gasteiger partial charge is 0.317 e. The number of imidazole rings is 1. The number of hydrogen-bond acceptors (Lipinski definition) is 3. The zero-order chi connectivity index (χ0) is 17.9. The third kappa shape index (κ3) is 3.14. The molecule has 3 aromatic rings. The van der Waals surface area contributed by atoms with Gasteiger partial charge in [-0.3, -0.25) is 0 Å². The molecule has 1 N–H and O–H groups in total. The second kappa shape index (κ2) is 7.15. The van der Waals surface area contributed by atoms with Crippen LogP contribution in [-0.4, -0.2) is 38.6 Å². The molecular weight excluding hydrogens is 326 g/mol. The van der Waals surface area contributed by atoms with Crippen LogP contribution >= 0.6 is 0 Å². The van der Waals surface area contributed by atoms with Crippen molar-refractivity contribution in [3.8, 4) is 0 Å². The lowest BCUT2D eigenvalue weighted by Gasteiger charge is -2.17. The molecule has 6 nitrogen and oxygen atoms in total. The Morgan fingerprint density at radius 2 is 2.08 bits per heavy atom. The Morgan fingerprint density at radius 1 is 1.23 bits per heavy atom. The minimum atomic E-state index is -0.00589. The van der Waals surface area contributed by atoms with Gasteiger partial charge in [-0.2, -0.15) is 0 Å². The SMILES string of the molecule is CCn1c(C2CCN(C(=O)NCc3ccccc3)C2)nc2cccnc21. The molecule has 2 aromatic heterocycles. The summed E-state index contributed by atoms with van der Waals surface area (Å²) in [6.07, 6.45) is 2.74. The molecule has 1 aliphatic rings. The van der Waals surface area contributed by atoms with Crippen LogP contribution in [0.4, 0.5) is 4.79 Å². The van der Waals surface area contributed by atoms with E-state index in [9.17, 15) is 4.79 Å². The fraction of sp³-hybridized carbons (Fsp3) is 0.350. The first-order valence-electron chi connectivity index (χ1n) is 9.14. The molecule has 1 unspecified atom stereocenters. The lowest BCUT2D eigenvalue weighted by Crippen LogP contribution is -2.38. The Morgan fingerprint density at radius 3 is 2.88 bits per heavy atom. The fourth-order valence-electron chi connectivity index (χ4n) is 3.64. The maximum atomic E-state index is 12.5. The van der Waals surface area contributed by atoms with Crippen molar-refractivity contribution in [3.63, 3.8) is 0 Å². The van der Waals surface area contributed by atoms with Gasteiger partial charge in [-0.1, -0.05) is 30.3 Å². The first-order valence-corrected chi connectivity index (χ1v) is 9.14. The Hall–Kier alpha value is -2.89. The molecule has 1 atom stereocenters. The molecule has 26 heavy (non-hydrogen) atoms. The number of nitrogens with zero attached hydrogens (tertiary/aromatic N) is 4. The molecule has 6 heteroatoms. The predicted molar refractivity (Wildman–Crippen MR) is 101 cm³/mol. The van der Waals surface area contributed by atoms with Crippen molar-refractivity contribution in [1.82, 2.24) is 24.8 Å². The molecule has 0 bridgehead atoms. The monoisotopic (exact) mass is 349 g/mol. The number of nitrogens with one attached hydrogen (secondary N) is 1. The van der Waals surface area contributed by atoms with Crippen molar-refractivity contribution >= 4 is 17.2 Å². The molecule has 1 aliphatic heterocycles. The third-order valence-electron chi connectivity index (χ3n) is 4.98. The number of pyridine rings is 1. The molecule has 2 amide bonds. The normalized spacial score (nSPS) is 17.0. The number of aromatic nitrogens is 3. The Labute approximate surface area is 152 Å². The zero-order valence-corrected chi connectivity index (χ0v) is 14.9. The van der Waals surface area contributed by atoms with Crippen LogP contribution in [0, 0.1) is 0 Å². The highest BCUT2D eigenvalue weighted by Gasteiger charge is 2.30. The van der Waals surface area contributed by atoms with E-state index in [1.807, 2.05) is 47.4 Å². The summed E-state index contributed by atoms with van der Waals surface area (Å²) in [5.41, 5.74) is 2.96. The van der Waals surface area contributed by atoms with Crippen molar-refractivity contribution in [2.75, 3.05) is 13.1 Å². The fourth-order valence-corrected chi connectivity index (χ4v) is 3.64. The number of urea groups is 1. The molecule has 1 fully saturated rings. The minimum Gasteiger partial charge on any atom is -0.334 e. The van der Waals surface area contributed by atoms with E-state index in [0.717, 1.165) is 42.1 Å². The van der Waals surface area contributed by atoms with Crippen molar-refractivity contribution in [3.05, 3.63) is 60.0 Å². The quantitative estimate of drug-likeness (QED) is 0.787. The summed E-state index contributed by atoms with van der Waals surface area (Å²) in [4.78, 5) is 23.7. The van der Waals surface area contributed by atoms with Crippen LogP contribution in [0.1, 0.15) is 30.7 Å². The van der Waals surface area contributed by atoms with Crippen LogP contribution in [-0.2, 0) is 13.1 Å². The summed E-state index contributed by atoms with van der Waals surface area (Å²) >= 11 is 0. The minimum absolute atomic E-state index is 0.00589. The van der Waals surface area contributed by atoms with Gasteiger partial charge >= 0.3 is 6.03 Å². The molecule has 0 spiro atoms. The van der Waals surface area contributed by atoms with Crippen LogP contribution in [0.15, 0.2) is 48.7 Å². The second-order valence-corrected chi connectivity index (χ2v) is 6.64. The average molecular weight is 349 g/mol. The van der Waals surface area contributed by atoms with E-state index in [0.29, 0.717) is 13.1 Å². The highest BCUT2D eigenvalue weighted by atomic mass is 16.2. The summed E-state index contributed by atoms with van der Waals surface area (Å²) < 4.78 is 2.17. The highest BCUT2D eigenvalue weighted by Crippen LogP contribution is 2.29. The standard InChI is InChI=1S/C20H23N5O/c1-2-25-18(23-17-9-6-11-21-19(17)25)16-10-12-24(14-16)20(26)22-13-15-7-4-3-5-8-15/h3-9,11,16H,2,10,12-14H2,1H3,(H,22,26). The van der Waals surface area contributed by atoms with Gasteiger partial charge in [0, 0.05) is 38.3 Å². The molecule has 0 saturated carbocycles. The van der Waals surface area contributed by atoms with Gasteiger partial charge in [0.2, 0.25) is 0 Å². The van der Waals surface area contributed by atoms with Crippen LogP contribution < -0.4 is 5.32 Å². The van der Waals surface area contributed by atoms with Gasteiger partial charge < -0.3 is 14.8 Å². The van der Waals surface area contributed by atoms with Gasteiger partial charge in [0.1, 0.15) is 11.3 Å². The van der Waals surface area contributed by atoms with E-state index < -0.39 is 0 Å². The predicted octanol–water partition coefficient (Wildman–Crippen LogP) is 3.15. The van der Waals surface area contributed by atoms with E-state index in [1.165, 1.54) is 0 Å². The highest BCUT2D eigenvalue weighted by molar-refractivity contribution is 5.75. The number of likely N-dealkylation sites (tertiary alicyclic amines) is 1. The number of rotatable bonds is 4. The summed E-state index contributed by atoms with van der Waals surface area (Å²) in [7, 11) is 0. The van der Waals surface area contributed by atoms with Crippen molar-refractivity contribution in [2.45, 2.75) is 32.4 Å². The topological polar surface area (TPSA) is 63.1 Å². The largest absolute Gasteiger partial charge is 0.334 e. The van der Waals surface area contributed by atoms with E-state index in [2.05, 4.69) is 21.8 Å². The molecule has 1 saturated heterocycles.